The molecule has 0 fully saturated rings. The predicted molar refractivity (Wildman–Crippen MR) is 82.7 cm³/mol. The summed E-state index contributed by atoms with van der Waals surface area (Å²) in [7, 11) is 0. The Bertz CT molecular complexity index is 771. The first-order valence-corrected chi connectivity index (χ1v) is 6.96. The van der Waals surface area contributed by atoms with Crippen LogP contribution in [0.25, 0.3) is 0 Å². The van der Waals surface area contributed by atoms with E-state index in [1.165, 1.54) is 11.8 Å². The first kappa shape index (κ1) is 15.5. The number of nitrogen functional groups attached to an aromatic ring is 2. The van der Waals surface area contributed by atoms with Gasteiger partial charge in [-0.1, -0.05) is 0 Å². The van der Waals surface area contributed by atoms with Crippen LogP contribution in [-0.2, 0) is 4.79 Å². The maximum atomic E-state index is 11.6. The average Bonchev–Trinajstić information content (AvgIpc) is 2.45. The molecular weight excluding hydrogens is 308 g/mol. The first-order valence-electron chi connectivity index (χ1n) is 5.97. The number of aromatic amines is 1. The Morgan fingerprint density at radius 2 is 1.95 bits per heavy atom. The summed E-state index contributed by atoms with van der Waals surface area (Å²) in [5, 5.41) is 16.2. The highest BCUT2D eigenvalue weighted by Gasteiger charge is 2.06. The number of thioether (sulfide) groups is 1. The van der Waals surface area contributed by atoms with Crippen molar-refractivity contribution in [3.63, 3.8) is 0 Å². The number of rotatable bonds is 5. The molecule has 114 valence electrons. The van der Waals surface area contributed by atoms with Gasteiger partial charge in [-0.25, -0.2) is 0 Å². The fourth-order valence-electron chi connectivity index (χ4n) is 1.46. The number of azo groups is 1. The van der Waals surface area contributed by atoms with E-state index < -0.39 is 11.5 Å². The van der Waals surface area contributed by atoms with Gasteiger partial charge in [-0.05, 0) is 24.3 Å². The molecule has 0 aliphatic carbocycles. The van der Waals surface area contributed by atoms with Crippen LogP contribution in [0, 0.1) is 0 Å². The topological polar surface area (TPSA) is 160 Å². The van der Waals surface area contributed by atoms with Gasteiger partial charge in [-0.2, -0.15) is 10.1 Å². The third kappa shape index (κ3) is 4.06. The molecule has 9 nitrogen and oxygen atoms in total. The number of benzene rings is 1. The third-order valence-corrected chi connectivity index (χ3v) is 3.40. The van der Waals surface area contributed by atoms with Crippen molar-refractivity contribution in [1.82, 2.24) is 9.97 Å². The van der Waals surface area contributed by atoms with Crippen molar-refractivity contribution in [2.75, 3.05) is 17.2 Å². The zero-order valence-corrected chi connectivity index (χ0v) is 12.0. The van der Waals surface area contributed by atoms with Crippen molar-refractivity contribution in [3.8, 4) is 0 Å². The molecule has 0 spiro atoms. The smallest absolute Gasteiger partial charge is 0.313 e. The van der Waals surface area contributed by atoms with Crippen LogP contribution < -0.4 is 17.0 Å². The van der Waals surface area contributed by atoms with E-state index >= 15 is 0 Å². The monoisotopic (exact) mass is 320 g/mol. The van der Waals surface area contributed by atoms with Gasteiger partial charge in [0.1, 0.15) is 0 Å². The summed E-state index contributed by atoms with van der Waals surface area (Å²) >= 11 is 1.19. The van der Waals surface area contributed by atoms with Gasteiger partial charge in [-0.15, -0.1) is 16.9 Å². The van der Waals surface area contributed by atoms with E-state index in [0.29, 0.717) is 5.69 Å². The molecule has 0 atom stereocenters. The van der Waals surface area contributed by atoms with Gasteiger partial charge < -0.3 is 16.6 Å². The minimum absolute atomic E-state index is 0.0239. The zero-order valence-electron chi connectivity index (χ0n) is 11.2. The van der Waals surface area contributed by atoms with Crippen LogP contribution in [0.3, 0.4) is 0 Å². The summed E-state index contributed by atoms with van der Waals surface area (Å²) in [5.41, 5.74) is 10.7. The second-order valence-corrected chi connectivity index (χ2v) is 5.11. The molecule has 10 heteroatoms. The van der Waals surface area contributed by atoms with Crippen LogP contribution in [0.2, 0.25) is 0 Å². The Morgan fingerprint density at radius 1 is 1.27 bits per heavy atom. The van der Waals surface area contributed by atoms with E-state index in [1.807, 2.05) is 0 Å². The molecule has 0 amide bonds. The second-order valence-electron chi connectivity index (χ2n) is 4.06. The normalized spacial score (nSPS) is 10.9. The quantitative estimate of drug-likeness (QED) is 0.480. The number of hydrogen-bond donors (Lipinski definition) is 4. The minimum Gasteiger partial charge on any atom is -0.481 e. The average molecular weight is 320 g/mol. The van der Waals surface area contributed by atoms with E-state index in [1.54, 1.807) is 24.3 Å². The van der Waals surface area contributed by atoms with Crippen LogP contribution in [-0.4, -0.2) is 26.8 Å². The van der Waals surface area contributed by atoms with E-state index in [2.05, 4.69) is 20.2 Å². The van der Waals surface area contributed by atoms with Gasteiger partial charge in [0, 0.05) is 4.90 Å². The maximum Gasteiger partial charge on any atom is 0.313 e. The number of nitrogens with two attached hydrogens (primary N) is 2. The second kappa shape index (κ2) is 6.72. The molecule has 2 rings (SSSR count). The summed E-state index contributed by atoms with van der Waals surface area (Å²) in [5.74, 6) is -1.12. The first-order chi connectivity index (χ1) is 10.5. The van der Waals surface area contributed by atoms with Crippen LogP contribution in [0.1, 0.15) is 0 Å². The van der Waals surface area contributed by atoms with Crippen molar-refractivity contribution >= 4 is 40.9 Å². The number of carboxylic acid groups (broad SMARTS) is 1. The maximum absolute atomic E-state index is 11.6. The van der Waals surface area contributed by atoms with Crippen molar-refractivity contribution in [2.24, 2.45) is 10.2 Å². The molecule has 6 N–H and O–H groups in total. The van der Waals surface area contributed by atoms with Gasteiger partial charge in [0.15, 0.2) is 11.5 Å². The van der Waals surface area contributed by atoms with Gasteiger partial charge >= 0.3 is 5.97 Å². The van der Waals surface area contributed by atoms with E-state index in [9.17, 15) is 9.59 Å². The Balaban J connectivity index is 2.14. The van der Waals surface area contributed by atoms with Crippen molar-refractivity contribution in [3.05, 3.63) is 34.6 Å². The molecule has 0 radical (unpaired) electrons. The van der Waals surface area contributed by atoms with Crippen molar-refractivity contribution < 1.29 is 9.90 Å². The molecule has 0 aliphatic heterocycles. The van der Waals surface area contributed by atoms with Gasteiger partial charge in [0.25, 0.3) is 5.56 Å². The summed E-state index contributed by atoms with van der Waals surface area (Å²) in [4.78, 5) is 28.8. The number of hydrogen-bond acceptors (Lipinski definition) is 8. The van der Waals surface area contributed by atoms with Gasteiger partial charge in [-0.3, -0.25) is 14.6 Å². The van der Waals surface area contributed by atoms with Crippen LogP contribution in [0.15, 0.2) is 44.2 Å². The van der Waals surface area contributed by atoms with Crippen molar-refractivity contribution in [2.45, 2.75) is 4.90 Å². The van der Waals surface area contributed by atoms with Crippen LogP contribution in [0.5, 0.6) is 0 Å². The van der Waals surface area contributed by atoms with Crippen molar-refractivity contribution in [1.29, 1.82) is 0 Å². The van der Waals surface area contributed by atoms with Gasteiger partial charge in [0.2, 0.25) is 5.95 Å². The third-order valence-electron chi connectivity index (χ3n) is 2.40. The van der Waals surface area contributed by atoms with Gasteiger partial charge in [0.05, 0.1) is 11.4 Å². The summed E-state index contributed by atoms with van der Waals surface area (Å²) in [6.45, 7) is 0. The number of aromatic nitrogens is 2. The lowest BCUT2D eigenvalue weighted by Gasteiger charge is -2.00. The van der Waals surface area contributed by atoms with Crippen LogP contribution in [0.4, 0.5) is 23.1 Å². The fourth-order valence-corrected chi connectivity index (χ4v) is 2.08. The molecule has 2 aromatic rings. The number of carbonyl (C=O) groups is 1. The van der Waals surface area contributed by atoms with Crippen LogP contribution >= 0.6 is 11.8 Å². The highest BCUT2D eigenvalue weighted by Crippen LogP contribution is 2.23. The largest absolute Gasteiger partial charge is 0.481 e. The minimum atomic E-state index is -0.890. The Labute approximate surface area is 128 Å². The number of carboxylic acids is 1. The lowest BCUT2D eigenvalue weighted by molar-refractivity contribution is -0.133. The molecule has 0 bridgehead atoms. The molecule has 1 aromatic heterocycles. The fraction of sp³-hybridized carbons (Fsp3) is 0.0833. The summed E-state index contributed by atoms with van der Waals surface area (Å²) in [6.07, 6.45) is 0. The standard InChI is InChI=1S/C12H12N6O3S/c13-10-9(11(21)16-12(14)15-10)18-17-6-1-3-7(4-2-6)22-5-8(19)20/h1-4H,5H2,(H,19,20)(H5,13,14,15,16,21). The number of nitrogens with zero attached hydrogens (tertiary/aromatic N) is 3. The number of anilines is 2. The highest BCUT2D eigenvalue weighted by atomic mass is 32.2. The zero-order chi connectivity index (χ0) is 16.1. The predicted octanol–water partition coefficient (Wildman–Crippen LogP) is 1.53. The lowest BCUT2D eigenvalue weighted by Crippen LogP contribution is -2.12. The van der Waals surface area contributed by atoms with E-state index in [-0.39, 0.29) is 23.2 Å². The summed E-state index contributed by atoms with van der Waals surface area (Å²) < 4.78 is 0. The number of aliphatic carboxylic acids is 1. The SMILES string of the molecule is Nc1nc(N)c(N=Nc2ccc(SCC(=O)O)cc2)c(=O)[nH]1. The van der Waals surface area contributed by atoms with E-state index in [4.69, 9.17) is 16.6 Å². The Hall–Kier alpha value is -2.88. The molecule has 0 saturated carbocycles. The highest BCUT2D eigenvalue weighted by molar-refractivity contribution is 8.00. The lowest BCUT2D eigenvalue weighted by atomic mass is 10.3. The molecule has 22 heavy (non-hydrogen) atoms. The molecule has 0 aliphatic rings. The van der Waals surface area contributed by atoms with E-state index in [0.717, 1.165) is 4.90 Å². The Kier molecular flexibility index (Phi) is 4.73. The number of H-pyrrole nitrogens is 1. The molecule has 0 saturated heterocycles. The molecule has 1 aromatic carbocycles. The summed E-state index contributed by atoms with van der Waals surface area (Å²) in [6, 6.07) is 6.69. The Morgan fingerprint density at radius 3 is 2.55 bits per heavy atom. The number of nitrogens with one attached hydrogen (secondary N) is 1. The molecule has 1 heterocycles. The molecular formula is C12H12N6O3S. The molecule has 0 unspecified atom stereocenters.